The number of rotatable bonds is 6. The Morgan fingerprint density at radius 2 is 1.97 bits per heavy atom. The lowest BCUT2D eigenvalue weighted by atomic mass is 9.86. The third kappa shape index (κ3) is 5.96. The number of fused-ring (bicyclic) bond motifs is 2. The number of piperidine rings is 1. The minimum absolute atomic E-state index is 0.0463. The van der Waals surface area contributed by atoms with Crippen molar-refractivity contribution in [3.05, 3.63) is 40.7 Å². The van der Waals surface area contributed by atoms with Gasteiger partial charge in [-0.3, -0.25) is 0 Å². The van der Waals surface area contributed by atoms with Gasteiger partial charge in [-0.1, -0.05) is 32.4 Å². The fraction of sp³-hybridized carbons (Fsp3) is 0.538. The second-order valence-corrected chi connectivity index (χ2v) is 11.1. The molecule has 1 aromatic heterocycles. The summed E-state index contributed by atoms with van der Waals surface area (Å²) in [5, 5.41) is 12.7. The molecule has 35 heavy (non-hydrogen) atoms. The smallest absolute Gasteiger partial charge is 0.409 e. The van der Waals surface area contributed by atoms with Crippen LogP contribution in [0.25, 0.3) is 0 Å². The van der Waals surface area contributed by atoms with E-state index in [0.29, 0.717) is 72.0 Å². The molecule has 1 amide bonds. The van der Waals surface area contributed by atoms with Crippen LogP contribution in [0, 0.1) is 41.4 Å². The minimum atomic E-state index is -0.208. The van der Waals surface area contributed by atoms with Crippen molar-refractivity contribution in [1.82, 2.24) is 14.9 Å². The summed E-state index contributed by atoms with van der Waals surface area (Å²) >= 11 is 6.30. The number of nitrogens with zero attached hydrogens (tertiary/aromatic N) is 4. The SMILES string of the molecule is Cc1c(Nc2ccc(C#N)cc2Cl)ncnc1OCC1C2CCC1CN(C(=O)OCC(C)(C)C)C2. The van der Waals surface area contributed by atoms with Gasteiger partial charge in [-0.05, 0) is 55.2 Å². The second-order valence-electron chi connectivity index (χ2n) is 10.7. The van der Waals surface area contributed by atoms with Gasteiger partial charge in [0.05, 0.1) is 41.1 Å². The molecule has 2 aromatic rings. The first-order chi connectivity index (χ1) is 16.6. The molecule has 2 aliphatic rings. The quantitative estimate of drug-likeness (QED) is 0.556. The normalized spacial score (nSPS) is 21.4. The summed E-state index contributed by atoms with van der Waals surface area (Å²) in [6.07, 6.45) is 3.44. The van der Waals surface area contributed by atoms with Crippen LogP contribution in [-0.4, -0.2) is 47.3 Å². The third-order valence-corrected chi connectivity index (χ3v) is 7.03. The Labute approximate surface area is 211 Å². The highest BCUT2D eigenvalue weighted by atomic mass is 35.5. The molecule has 1 N–H and O–H groups in total. The number of ether oxygens (including phenoxy) is 2. The van der Waals surface area contributed by atoms with E-state index in [1.54, 1.807) is 18.2 Å². The first-order valence-corrected chi connectivity index (χ1v) is 12.3. The molecule has 9 heteroatoms. The lowest BCUT2D eigenvalue weighted by molar-refractivity contribution is 0.0354. The van der Waals surface area contributed by atoms with E-state index in [4.69, 9.17) is 26.3 Å². The number of likely N-dealkylation sites (tertiary alicyclic amines) is 1. The number of anilines is 2. The number of aromatic nitrogens is 2. The van der Waals surface area contributed by atoms with Gasteiger partial charge in [0, 0.05) is 19.0 Å². The summed E-state index contributed by atoms with van der Waals surface area (Å²) in [4.78, 5) is 23.1. The molecule has 1 aliphatic heterocycles. The standard InChI is InChI=1S/C26H32ClN5O3/c1-16-23(31-22-8-5-17(10-28)9-21(22)27)29-15-30-24(16)34-13-20-18-6-7-19(20)12-32(11-18)25(33)35-14-26(2,3)4/h5,8-9,15,18-20H,6-7,11-14H2,1-4H3,(H,29,30,31). The predicted octanol–water partition coefficient (Wildman–Crippen LogP) is 5.57. The van der Waals surface area contributed by atoms with Crippen molar-refractivity contribution >= 4 is 29.2 Å². The molecule has 1 aliphatic carbocycles. The Hall–Kier alpha value is -3.05. The average Bonchev–Trinajstić information content (AvgIpc) is 3.05. The molecule has 8 nitrogen and oxygen atoms in total. The van der Waals surface area contributed by atoms with Crippen LogP contribution in [0.2, 0.25) is 5.02 Å². The van der Waals surface area contributed by atoms with E-state index in [2.05, 4.69) is 42.1 Å². The van der Waals surface area contributed by atoms with Crippen molar-refractivity contribution in [2.24, 2.45) is 23.2 Å². The van der Waals surface area contributed by atoms with Gasteiger partial charge in [0.1, 0.15) is 12.1 Å². The largest absolute Gasteiger partial charge is 0.477 e. The Morgan fingerprint density at radius 1 is 1.26 bits per heavy atom. The van der Waals surface area contributed by atoms with E-state index >= 15 is 0 Å². The number of amides is 1. The van der Waals surface area contributed by atoms with Crippen LogP contribution in [0.4, 0.5) is 16.3 Å². The number of hydrogen-bond acceptors (Lipinski definition) is 7. The number of benzene rings is 1. The zero-order chi connectivity index (χ0) is 25.2. The molecule has 2 heterocycles. The Bertz CT molecular complexity index is 1110. The fourth-order valence-corrected chi connectivity index (χ4v) is 5.05. The lowest BCUT2D eigenvalue weighted by Gasteiger charge is -2.37. The van der Waals surface area contributed by atoms with Gasteiger partial charge < -0.3 is 19.7 Å². The summed E-state index contributed by atoms with van der Waals surface area (Å²) in [6.45, 7) is 10.5. The van der Waals surface area contributed by atoms with E-state index in [-0.39, 0.29) is 11.5 Å². The van der Waals surface area contributed by atoms with Crippen LogP contribution in [-0.2, 0) is 4.74 Å². The molecular weight excluding hydrogens is 466 g/mol. The Balaban J connectivity index is 1.37. The van der Waals surface area contributed by atoms with Gasteiger partial charge in [-0.15, -0.1) is 0 Å². The van der Waals surface area contributed by atoms with Crippen molar-refractivity contribution in [3.8, 4) is 11.9 Å². The molecule has 2 unspecified atom stereocenters. The van der Waals surface area contributed by atoms with Crippen molar-refractivity contribution in [3.63, 3.8) is 0 Å². The van der Waals surface area contributed by atoms with E-state index in [9.17, 15) is 4.79 Å². The number of nitriles is 1. The molecular formula is C26H32ClN5O3. The minimum Gasteiger partial charge on any atom is -0.477 e. The molecule has 2 bridgehead atoms. The van der Waals surface area contributed by atoms with Gasteiger partial charge in [-0.25, -0.2) is 14.8 Å². The van der Waals surface area contributed by atoms with Crippen molar-refractivity contribution in [1.29, 1.82) is 5.26 Å². The van der Waals surface area contributed by atoms with Crippen molar-refractivity contribution in [2.75, 3.05) is 31.6 Å². The highest BCUT2D eigenvalue weighted by Crippen LogP contribution is 2.42. The van der Waals surface area contributed by atoms with E-state index in [1.165, 1.54) is 6.33 Å². The fourth-order valence-electron chi connectivity index (χ4n) is 4.82. The molecule has 0 radical (unpaired) electrons. The predicted molar refractivity (Wildman–Crippen MR) is 134 cm³/mol. The summed E-state index contributed by atoms with van der Waals surface area (Å²) in [5.41, 5.74) is 1.88. The van der Waals surface area contributed by atoms with Gasteiger partial charge in [0.15, 0.2) is 0 Å². The van der Waals surface area contributed by atoms with Crippen LogP contribution in [0.15, 0.2) is 24.5 Å². The molecule has 1 saturated heterocycles. The van der Waals surface area contributed by atoms with E-state index in [1.807, 2.05) is 11.8 Å². The van der Waals surface area contributed by atoms with Gasteiger partial charge >= 0.3 is 6.09 Å². The topological polar surface area (TPSA) is 100 Å². The van der Waals surface area contributed by atoms with Crippen LogP contribution >= 0.6 is 11.6 Å². The summed E-state index contributed by atoms with van der Waals surface area (Å²) < 4.78 is 11.7. The number of hydrogen-bond donors (Lipinski definition) is 1. The first kappa shape index (κ1) is 25.1. The maximum Gasteiger partial charge on any atom is 0.409 e. The summed E-state index contributed by atoms with van der Waals surface area (Å²) in [5.74, 6) is 2.29. The van der Waals surface area contributed by atoms with Crippen LogP contribution < -0.4 is 10.1 Å². The maximum absolute atomic E-state index is 12.6. The zero-order valence-electron chi connectivity index (χ0n) is 20.7. The number of carbonyl (C=O) groups excluding carboxylic acids is 1. The molecule has 4 rings (SSSR count). The molecule has 1 saturated carbocycles. The highest BCUT2D eigenvalue weighted by molar-refractivity contribution is 6.33. The molecule has 2 fully saturated rings. The van der Waals surface area contributed by atoms with Crippen LogP contribution in [0.3, 0.4) is 0 Å². The van der Waals surface area contributed by atoms with Gasteiger partial charge in [0.2, 0.25) is 5.88 Å². The van der Waals surface area contributed by atoms with Crippen molar-refractivity contribution in [2.45, 2.75) is 40.5 Å². The highest BCUT2D eigenvalue weighted by Gasteiger charge is 2.44. The number of carbonyl (C=O) groups is 1. The monoisotopic (exact) mass is 497 g/mol. The third-order valence-electron chi connectivity index (χ3n) is 6.72. The zero-order valence-corrected chi connectivity index (χ0v) is 21.4. The molecule has 0 spiro atoms. The Kier molecular flexibility index (Phi) is 7.36. The Morgan fingerprint density at radius 3 is 2.60 bits per heavy atom. The maximum atomic E-state index is 12.6. The molecule has 186 valence electrons. The van der Waals surface area contributed by atoms with E-state index < -0.39 is 0 Å². The average molecular weight is 498 g/mol. The van der Waals surface area contributed by atoms with Crippen LogP contribution in [0.1, 0.15) is 44.7 Å². The number of halogens is 1. The lowest BCUT2D eigenvalue weighted by Crippen LogP contribution is -2.47. The first-order valence-electron chi connectivity index (χ1n) is 12.0. The molecule has 2 atom stereocenters. The van der Waals surface area contributed by atoms with Crippen molar-refractivity contribution < 1.29 is 14.3 Å². The molecule has 1 aromatic carbocycles. The number of nitrogens with one attached hydrogen (secondary N) is 1. The van der Waals surface area contributed by atoms with Gasteiger partial charge in [-0.2, -0.15) is 5.26 Å². The van der Waals surface area contributed by atoms with E-state index in [0.717, 1.165) is 18.4 Å². The van der Waals surface area contributed by atoms with Gasteiger partial charge in [0.25, 0.3) is 0 Å². The van der Waals surface area contributed by atoms with Crippen LogP contribution in [0.5, 0.6) is 5.88 Å². The summed E-state index contributed by atoms with van der Waals surface area (Å²) in [7, 11) is 0. The summed E-state index contributed by atoms with van der Waals surface area (Å²) in [6, 6.07) is 7.13. The second kappa shape index (κ2) is 10.3.